The molecule has 2 N–H and O–H groups in total. The van der Waals surface area contributed by atoms with Gasteiger partial charge in [0.25, 0.3) is 0 Å². The van der Waals surface area contributed by atoms with Crippen molar-refractivity contribution >= 4 is 5.91 Å². The van der Waals surface area contributed by atoms with Crippen molar-refractivity contribution in [3.63, 3.8) is 0 Å². The highest BCUT2D eigenvalue weighted by Gasteiger charge is 2.34. The lowest BCUT2D eigenvalue weighted by atomic mass is 9.80. The molecule has 0 saturated heterocycles. The van der Waals surface area contributed by atoms with E-state index in [2.05, 4.69) is 5.32 Å². The number of aliphatic hydroxyl groups is 1. The Morgan fingerprint density at radius 2 is 2.05 bits per heavy atom. The predicted molar refractivity (Wildman–Crippen MR) is 71.1 cm³/mol. The number of aryl methyl sites for hydroxylation is 1. The first-order chi connectivity index (χ1) is 9.48. The largest absolute Gasteiger partial charge is 0.388 e. The zero-order chi connectivity index (χ0) is 14.6. The lowest BCUT2D eigenvalue weighted by Crippen LogP contribution is -2.47. The van der Waals surface area contributed by atoms with E-state index in [-0.39, 0.29) is 5.91 Å². The summed E-state index contributed by atoms with van der Waals surface area (Å²) in [5.74, 6) is -1.84. The smallest absolute Gasteiger partial charge is 0.220 e. The van der Waals surface area contributed by atoms with Gasteiger partial charge in [0.1, 0.15) is 0 Å². The van der Waals surface area contributed by atoms with Crippen LogP contribution in [-0.4, -0.2) is 23.2 Å². The van der Waals surface area contributed by atoms with Crippen LogP contribution in [0.4, 0.5) is 8.78 Å². The van der Waals surface area contributed by atoms with Crippen molar-refractivity contribution < 1.29 is 18.7 Å². The highest BCUT2D eigenvalue weighted by Crippen LogP contribution is 2.30. The van der Waals surface area contributed by atoms with Crippen molar-refractivity contribution in [2.45, 2.75) is 44.1 Å². The van der Waals surface area contributed by atoms with Gasteiger partial charge in [-0.2, -0.15) is 0 Å². The van der Waals surface area contributed by atoms with Crippen molar-refractivity contribution in [1.82, 2.24) is 5.32 Å². The van der Waals surface area contributed by atoms with Crippen molar-refractivity contribution in [2.75, 3.05) is 6.54 Å². The Hall–Kier alpha value is -1.49. The van der Waals surface area contributed by atoms with E-state index in [9.17, 15) is 18.7 Å². The SMILES string of the molecule is O=C(CCCc1ccc(F)c(F)c1)NCC1(O)CCC1. The third kappa shape index (κ3) is 4.00. The minimum Gasteiger partial charge on any atom is -0.388 e. The van der Waals surface area contributed by atoms with Crippen LogP contribution in [0.1, 0.15) is 37.7 Å². The fourth-order valence-corrected chi connectivity index (χ4v) is 2.26. The van der Waals surface area contributed by atoms with E-state index >= 15 is 0 Å². The Morgan fingerprint density at radius 3 is 2.65 bits per heavy atom. The van der Waals surface area contributed by atoms with Gasteiger partial charge in [0.2, 0.25) is 5.91 Å². The van der Waals surface area contributed by atoms with E-state index in [0.717, 1.165) is 31.4 Å². The highest BCUT2D eigenvalue weighted by atomic mass is 19.2. The maximum Gasteiger partial charge on any atom is 0.220 e. The van der Waals surface area contributed by atoms with Gasteiger partial charge in [-0.1, -0.05) is 6.07 Å². The number of benzene rings is 1. The molecule has 20 heavy (non-hydrogen) atoms. The van der Waals surface area contributed by atoms with E-state index in [1.165, 1.54) is 6.07 Å². The molecule has 0 spiro atoms. The van der Waals surface area contributed by atoms with Gasteiger partial charge in [-0.3, -0.25) is 4.79 Å². The number of carbonyl (C=O) groups is 1. The molecule has 1 amide bonds. The zero-order valence-electron chi connectivity index (χ0n) is 11.3. The van der Waals surface area contributed by atoms with Crippen LogP contribution in [0.2, 0.25) is 0 Å². The summed E-state index contributed by atoms with van der Waals surface area (Å²) in [7, 11) is 0. The van der Waals surface area contributed by atoms with Gasteiger partial charge < -0.3 is 10.4 Å². The number of nitrogens with one attached hydrogen (secondary N) is 1. The van der Waals surface area contributed by atoms with Crippen LogP contribution in [0.3, 0.4) is 0 Å². The van der Waals surface area contributed by atoms with Crippen LogP contribution in [0, 0.1) is 11.6 Å². The summed E-state index contributed by atoms with van der Waals surface area (Å²) in [5.41, 5.74) is -0.0373. The molecule has 0 unspecified atom stereocenters. The molecular formula is C15H19F2NO2. The molecule has 0 radical (unpaired) electrons. The second-order valence-corrected chi connectivity index (χ2v) is 5.46. The quantitative estimate of drug-likeness (QED) is 0.841. The lowest BCUT2D eigenvalue weighted by molar-refractivity contribution is -0.123. The third-order valence-electron chi connectivity index (χ3n) is 3.75. The van der Waals surface area contributed by atoms with Crippen molar-refractivity contribution in [1.29, 1.82) is 0 Å². The summed E-state index contributed by atoms with van der Waals surface area (Å²) >= 11 is 0. The first-order valence-electron chi connectivity index (χ1n) is 6.92. The monoisotopic (exact) mass is 283 g/mol. The van der Waals surface area contributed by atoms with Crippen LogP contribution < -0.4 is 5.32 Å². The molecule has 0 aromatic heterocycles. The first-order valence-corrected chi connectivity index (χ1v) is 6.92. The molecule has 0 atom stereocenters. The fourth-order valence-electron chi connectivity index (χ4n) is 2.26. The summed E-state index contributed by atoms with van der Waals surface area (Å²) in [6.07, 6.45) is 3.88. The van der Waals surface area contributed by atoms with Gasteiger partial charge in [0, 0.05) is 13.0 Å². The number of carbonyl (C=O) groups excluding carboxylic acids is 1. The molecule has 1 saturated carbocycles. The second-order valence-electron chi connectivity index (χ2n) is 5.46. The van der Waals surface area contributed by atoms with Crippen molar-refractivity contribution in [3.05, 3.63) is 35.4 Å². The Bertz CT molecular complexity index is 487. The van der Waals surface area contributed by atoms with E-state index in [1.807, 2.05) is 0 Å². The number of halogens is 2. The van der Waals surface area contributed by atoms with Crippen LogP contribution in [-0.2, 0) is 11.2 Å². The Labute approximate surface area is 117 Å². The normalized spacial score (nSPS) is 16.6. The molecule has 1 aliphatic carbocycles. The third-order valence-corrected chi connectivity index (χ3v) is 3.75. The van der Waals surface area contributed by atoms with Crippen molar-refractivity contribution in [2.24, 2.45) is 0 Å². The Morgan fingerprint density at radius 1 is 1.30 bits per heavy atom. The fraction of sp³-hybridized carbons (Fsp3) is 0.533. The number of rotatable bonds is 6. The molecule has 0 bridgehead atoms. The molecule has 2 rings (SSSR count). The summed E-state index contributed by atoms with van der Waals surface area (Å²) in [6.45, 7) is 0.303. The molecule has 5 heteroatoms. The molecule has 110 valence electrons. The van der Waals surface area contributed by atoms with Gasteiger partial charge in [0.15, 0.2) is 11.6 Å². The standard InChI is InChI=1S/C15H19F2NO2/c16-12-6-5-11(9-13(12)17)3-1-4-14(19)18-10-15(20)7-2-8-15/h5-6,9,20H,1-4,7-8,10H2,(H,18,19). The summed E-state index contributed by atoms with van der Waals surface area (Å²) in [4.78, 5) is 11.6. The maximum absolute atomic E-state index is 13.0. The van der Waals surface area contributed by atoms with Gasteiger partial charge in [-0.25, -0.2) is 8.78 Å². The Balaban J connectivity index is 1.67. The number of hydrogen-bond acceptors (Lipinski definition) is 2. The van der Waals surface area contributed by atoms with Gasteiger partial charge in [-0.05, 0) is 49.8 Å². The topological polar surface area (TPSA) is 49.3 Å². The zero-order valence-corrected chi connectivity index (χ0v) is 11.3. The maximum atomic E-state index is 13.0. The van der Waals surface area contributed by atoms with E-state index in [0.29, 0.717) is 31.4 Å². The van der Waals surface area contributed by atoms with E-state index in [1.54, 1.807) is 0 Å². The van der Waals surface area contributed by atoms with Crippen LogP contribution >= 0.6 is 0 Å². The molecule has 1 aromatic rings. The second kappa shape index (κ2) is 6.31. The van der Waals surface area contributed by atoms with E-state index < -0.39 is 17.2 Å². The van der Waals surface area contributed by atoms with Crippen LogP contribution in [0.5, 0.6) is 0 Å². The molecular weight excluding hydrogens is 264 g/mol. The van der Waals surface area contributed by atoms with E-state index in [4.69, 9.17) is 0 Å². The van der Waals surface area contributed by atoms with Crippen LogP contribution in [0.15, 0.2) is 18.2 Å². The van der Waals surface area contributed by atoms with Gasteiger partial charge in [0.05, 0.1) is 5.60 Å². The summed E-state index contributed by atoms with van der Waals surface area (Å²) in [6, 6.07) is 3.77. The minimum atomic E-state index is -0.862. The molecule has 1 aromatic carbocycles. The molecule has 1 fully saturated rings. The molecule has 1 aliphatic rings. The highest BCUT2D eigenvalue weighted by molar-refractivity contribution is 5.75. The first kappa shape index (κ1) is 14.9. The Kier molecular flexibility index (Phi) is 4.70. The molecule has 0 heterocycles. The lowest BCUT2D eigenvalue weighted by Gasteiger charge is -2.36. The number of hydrogen-bond donors (Lipinski definition) is 2. The van der Waals surface area contributed by atoms with Gasteiger partial charge >= 0.3 is 0 Å². The average molecular weight is 283 g/mol. The number of amides is 1. The molecule has 0 aliphatic heterocycles. The molecule has 3 nitrogen and oxygen atoms in total. The van der Waals surface area contributed by atoms with Crippen LogP contribution in [0.25, 0.3) is 0 Å². The predicted octanol–water partition coefficient (Wildman–Crippen LogP) is 2.32. The van der Waals surface area contributed by atoms with Gasteiger partial charge in [-0.15, -0.1) is 0 Å². The average Bonchev–Trinajstić information content (AvgIpc) is 2.38. The minimum absolute atomic E-state index is 0.118. The summed E-state index contributed by atoms with van der Waals surface area (Å²) in [5, 5.41) is 12.5. The van der Waals surface area contributed by atoms with Crippen molar-refractivity contribution in [3.8, 4) is 0 Å². The summed E-state index contributed by atoms with van der Waals surface area (Å²) < 4.78 is 25.7.